The van der Waals surface area contributed by atoms with E-state index in [0.29, 0.717) is 79.2 Å². The van der Waals surface area contributed by atoms with Crippen molar-refractivity contribution in [1.29, 1.82) is 0 Å². The Morgan fingerprint density at radius 3 is 1.07 bits per heavy atom. The van der Waals surface area contributed by atoms with Crippen molar-refractivity contribution in [3.63, 3.8) is 0 Å². The van der Waals surface area contributed by atoms with Crippen molar-refractivity contribution in [3.8, 4) is 11.5 Å². The van der Waals surface area contributed by atoms with Crippen molar-refractivity contribution < 1.29 is 18.4 Å². The van der Waals surface area contributed by atoms with Gasteiger partial charge in [-0.1, -0.05) is 127 Å². The van der Waals surface area contributed by atoms with Crippen LogP contribution in [0.15, 0.2) is 169 Å². The molecule has 0 saturated heterocycles. The fraction of sp³-hybridized carbons (Fsp3) is 0.320. The lowest BCUT2D eigenvalue weighted by molar-refractivity contribution is -0.114. The first kappa shape index (κ1) is 44.5. The third kappa shape index (κ3) is 10.1. The van der Waals surface area contributed by atoms with Gasteiger partial charge in [0.05, 0.1) is 11.4 Å². The fourth-order valence-corrected chi connectivity index (χ4v) is 7.52. The summed E-state index contributed by atoms with van der Waals surface area (Å²) in [6.07, 6.45) is 7.62. The van der Waals surface area contributed by atoms with Gasteiger partial charge in [-0.2, -0.15) is 10.2 Å². The Bertz CT molecular complexity index is 2370. The Balaban J connectivity index is 1.53. The summed E-state index contributed by atoms with van der Waals surface area (Å²) in [5, 5.41) is 18.8. The molecule has 60 heavy (non-hydrogen) atoms. The first-order valence-corrected chi connectivity index (χ1v) is 21.5. The number of halogens is 2. The molecule has 0 amide bonds. The van der Waals surface area contributed by atoms with Gasteiger partial charge in [-0.15, -0.1) is 10.2 Å². The van der Waals surface area contributed by atoms with E-state index in [2.05, 4.69) is 42.1 Å². The van der Waals surface area contributed by atoms with E-state index in [1.165, 1.54) is 0 Å². The third-order valence-corrected chi connectivity index (χ3v) is 11.0. The fourth-order valence-electron chi connectivity index (χ4n) is 6.75. The average molecular weight is 933 g/mol. The van der Waals surface area contributed by atoms with Gasteiger partial charge in [0.25, 0.3) is 0 Å². The molecular formula is C50H52Br2N4O4. The van der Waals surface area contributed by atoms with Crippen LogP contribution in [0.4, 0.5) is 11.4 Å². The number of furan rings is 2. The molecule has 6 rings (SSSR count). The maximum Gasteiger partial charge on any atom is 0.186 e. The van der Waals surface area contributed by atoms with Crippen molar-refractivity contribution in [3.05, 3.63) is 151 Å². The summed E-state index contributed by atoms with van der Waals surface area (Å²) in [4.78, 5) is 27.8. The van der Waals surface area contributed by atoms with Gasteiger partial charge in [0.2, 0.25) is 0 Å². The quantitative estimate of drug-likeness (QED) is 0.172. The number of allylic oxidation sites excluding steroid dienone is 10. The molecule has 0 atom stereocenters. The van der Waals surface area contributed by atoms with Crippen LogP contribution in [0.25, 0.3) is 22.9 Å². The molecule has 8 nitrogen and oxygen atoms in total. The molecule has 0 N–H and O–H groups in total. The predicted octanol–water partition coefficient (Wildman–Crippen LogP) is 16.1. The standard InChI is InChI=1S/C50H52Br2N4O4/c1-47(2,3)35-23-29(24-36(45(35)57)48(4,5)6)43(55-53-33-17-13-15-31(51)27-33)41-21-19-39(59-41)40-20-22-42(60-40)44(56-54-34-18-14-16-32(52)28-34)30-25-37(49(7,8)9)46(58)38(26-30)50(10,11)12/h13-28H,1-12H3. The summed E-state index contributed by atoms with van der Waals surface area (Å²) in [6, 6.07) is 22.5. The zero-order valence-corrected chi connectivity index (χ0v) is 39.6. The Morgan fingerprint density at radius 2 is 0.783 bits per heavy atom. The van der Waals surface area contributed by atoms with Crippen molar-refractivity contribution in [2.24, 2.45) is 42.1 Å². The van der Waals surface area contributed by atoms with Crippen molar-refractivity contribution in [2.45, 2.75) is 83.1 Å². The van der Waals surface area contributed by atoms with Crippen LogP contribution >= 0.6 is 31.9 Å². The highest BCUT2D eigenvalue weighted by atomic mass is 79.9. The minimum Gasteiger partial charge on any atom is -0.451 e. The van der Waals surface area contributed by atoms with Crippen LogP contribution in [0.3, 0.4) is 0 Å². The normalized spacial score (nSPS) is 15.8. The van der Waals surface area contributed by atoms with Gasteiger partial charge < -0.3 is 8.83 Å². The van der Waals surface area contributed by atoms with E-state index >= 15 is 0 Å². The molecule has 0 spiro atoms. The first-order chi connectivity index (χ1) is 27.9. The highest BCUT2D eigenvalue weighted by Crippen LogP contribution is 2.44. The highest BCUT2D eigenvalue weighted by Gasteiger charge is 2.37. The van der Waals surface area contributed by atoms with Crippen molar-refractivity contribution >= 4 is 66.2 Å². The molecule has 0 unspecified atom stereocenters. The number of benzene rings is 2. The van der Waals surface area contributed by atoms with Gasteiger partial charge in [-0.05, 0) is 107 Å². The molecule has 310 valence electrons. The van der Waals surface area contributed by atoms with Gasteiger partial charge in [0, 0.05) is 42.4 Å². The maximum atomic E-state index is 13.9. The van der Waals surface area contributed by atoms with Gasteiger partial charge >= 0.3 is 0 Å². The number of hydrogen-bond acceptors (Lipinski definition) is 8. The summed E-state index contributed by atoms with van der Waals surface area (Å²) in [6.45, 7) is 24.4. The molecule has 10 heteroatoms. The second kappa shape index (κ2) is 16.8. The molecule has 2 aliphatic carbocycles. The minimum atomic E-state index is -0.434. The number of Topliss-reactive ketones (excluding diaryl/α,β-unsaturated/α-hetero) is 2. The molecular weight excluding hydrogens is 880 g/mol. The lowest BCUT2D eigenvalue weighted by atomic mass is 9.71. The molecule has 2 aliphatic rings. The SMILES string of the molecule is CC(C)(C)C1=CC(=C(N=Nc2cccc(Br)c2)c2ccc(-c3ccc(C(N=Nc4cccc(Br)c4)=C4C=C(C(C)(C)C)C(=O)C(C(C)(C)C)=C4)o3)o2)C=C(C(C)(C)C)C1=O. The smallest absolute Gasteiger partial charge is 0.186 e. The van der Waals surface area contributed by atoms with Crippen molar-refractivity contribution in [2.75, 3.05) is 0 Å². The first-order valence-electron chi connectivity index (χ1n) is 19.9. The number of hydrogen-bond donors (Lipinski definition) is 0. The van der Waals surface area contributed by atoms with Gasteiger partial charge in [-0.3, -0.25) is 9.59 Å². The number of nitrogens with zero attached hydrogens (tertiary/aromatic N) is 4. The summed E-state index contributed by atoms with van der Waals surface area (Å²) in [5.41, 5.74) is 4.60. The van der Waals surface area contributed by atoms with Crippen LogP contribution in [0, 0.1) is 21.7 Å². The van der Waals surface area contributed by atoms with Crippen LogP contribution < -0.4 is 0 Å². The number of ketones is 2. The topological polar surface area (TPSA) is 110 Å². The van der Waals surface area contributed by atoms with Gasteiger partial charge in [-0.25, -0.2) is 0 Å². The van der Waals surface area contributed by atoms with Crippen molar-refractivity contribution in [1.82, 2.24) is 0 Å². The Kier molecular flexibility index (Phi) is 12.4. The second-order valence-electron chi connectivity index (χ2n) is 19.2. The molecule has 0 aliphatic heterocycles. The number of rotatable bonds is 7. The van der Waals surface area contributed by atoms with E-state index < -0.39 is 21.7 Å². The molecule has 2 aromatic heterocycles. The van der Waals surface area contributed by atoms with Crippen LogP contribution in [-0.4, -0.2) is 11.6 Å². The number of carbonyl (C=O) groups excluding carboxylic acids is 2. The van der Waals surface area contributed by atoms with E-state index in [9.17, 15) is 9.59 Å². The second-order valence-corrected chi connectivity index (χ2v) is 21.0. The third-order valence-electron chi connectivity index (χ3n) is 10.0. The number of azo groups is 2. The van der Waals surface area contributed by atoms with E-state index in [1.54, 1.807) is 0 Å². The minimum absolute atomic E-state index is 0.0171. The summed E-state index contributed by atoms with van der Waals surface area (Å²) in [7, 11) is 0. The Labute approximate surface area is 370 Å². The van der Waals surface area contributed by atoms with Gasteiger partial charge in [0.15, 0.2) is 34.6 Å². The Morgan fingerprint density at radius 1 is 0.467 bits per heavy atom. The summed E-state index contributed by atoms with van der Waals surface area (Å²) < 4.78 is 14.9. The lowest BCUT2D eigenvalue weighted by Crippen LogP contribution is -2.28. The van der Waals surface area contributed by atoms with Crippen LogP contribution in [0.5, 0.6) is 0 Å². The molecule has 2 heterocycles. The molecule has 0 fully saturated rings. The van der Waals surface area contributed by atoms with E-state index in [0.717, 1.165) is 8.95 Å². The van der Waals surface area contributed by atoms with Gasteiger partial charge in [0.1, 0.15) is 11.4 Å². The molecule has 4 aromatic rings. The highest BCUT2D eigenvalue weighted by molar-refractivity contribution is 9.10. The average Bonchev–Trinajstić information content (AvgIpc) is 3.82. The zero-order chi connectivity index (χ0) is 43.9. The number of carbonyl (C=O) groups is 2. The predicted molar refractivity (Wildman–Crippen MR) is 248 cm³/mol. The van der Waals surface area contributed by atoms with E-state index in [-0.39, 0.29) is 11.6 Å². The largest absolute Gasteiger partial charge is 0.451 e. The zero-order valence-electron chi connectivity index (χ0n) is 36.4. The van der Waals surface area contributed by atoms with Crippen LogP contribution in [0.2, 0.25) is 0 Å². The molecule has 0 saturated carbocycles. The molecule has 2 aromatic carbocycles. The Hall–Kier alpha value is -5.06. The summed E-state index contributed by atoms with van der Waals surface area (Å²) in [5.74, 6) is 1.81. The summed E-state index contributed by atoms with van der Waals surface area (Å²) >= 11 is 7.07. The molecule has 0 radical (unpaired) electrons. The van der Waals surface area contributed by atoms with E-state index in [4.69, 9.17) is 19.1 Å². The van der Waals surface area contributed by atoms with Crippen LogP contribution in [0.1, 0.15) is 94.6 Å². The van der Waals surface area contributed by atoms with Crippen LogP contribution in [-0.2, 0) is 9.59 Å². The molecule has 0 bridgehead atoms. The maximum absolute atomic E-state index is 13.9. The monoisotopic (exact) mass is 930 g/mol. The van der Waals surface area contributed by atoms with E-state index in [1.807, 2.05) is 180 Å². The lowest BCUT2D eigenvalue weighted by Gasteiger charge is -2.31.